The van der Waals surface area contributed by atoms with Crippen molar-refractivity contribution in [2.24, 2.45) is 0 Å². The van der Waals surface area contributed by atoms with Crippen LogP contribution < -0.4 is 0 Å². The Labute approximate surface area is 654 Å². The predicted octanol–water partition coefficient (Wildman–Crippen LogP) is 21.1. The molecule has 0 fully saturated rings. The maximum Gasteiger partial charge on any atom is 0.338 e. The molecule has 0 radical (unpaired) electrons. The summed E-state index contributed by atoms with van der Waals surface area (Å²) < 4.78 is 27.8. The number of hydrogen-bond acceptors (Lipinski definition) is 14. The molecule has 542 valence electrons. The molecule has 0 unspecified atom stereocenters. The molecular weight excluding hydrogens is 1420 g/mol. The minimum absolute atomic E-state index is 0.0401. The van der Waals surface area contributed by atoms with Crippen LogP contribution in [0.5, 0.6) is 0 Å². The molecule has 17 rings (SSSR count). The van der Waals surface area contributed by atoms with Crippen molar-refractivity contribution in [1.29, 1.82) is 15.8 Å². The number of carbonyl (C=O) groups excluding carboxylic acids is 4. The first kappa shape index (κ1) is 71.0. The number of ether oxygens (including phenoxy) is 4. The molecule has 0 amide bonds. The Morgan fingerprint density at radius 2 is 0.588 bits per heavy atom. The SMILES string of the molecule is N#Cc1cccc(-c2cc(-c3nc(-c4cc(-c5cccc(C#N)c5)cc(-n5c6ccc(C(=O)OCc7ccccc7)cc6c6cc(C(=O)OCc7ccccc7)ccc65)c4)nc(-c4ccccc4-c4ccccc4C#N)n3)cc(-n3c4ccc(C(=O)OCc5ccccc5)cc4c4cc(C(=O)OCc5ccccc5)ccc43)c2)c1. The van der Waals surface area contributed by atoms with Gasteiger partial charge in [-0.05, 0) is 190 Å². The van der Waals surface area contributed by atoms with E-state index >= 15 is 0 Å². The number of nitriles is 3. The quantitative estimate of drug-likeness (QED) is 0.0511. The van der Waals surface area contributed by atoms with E-state index in [1.165, 1.54) is 0 Å². The van der Waals surface area contributed by atoms with Gasteiger partial charge in [-0.3, -0.25) is 0 Å². The molecule has 0 bridgehead atoms. The Morgan fingerprint density at radius 3 is 0.939 bits per heavy atom. The minimum Gasteiger partial charge on any atom is -0.457 e. The number of rotatable bonds is 20. The van der Waals surface area contributed by atoms with E-state index in [9.17, 15) is 35.0 Å². The molecular formula is C98H62N8O8. The molecule has 0 aliphatic carbocycles. The van der Waals surface area contributed by atoms with Gasteiger partial charge in [0.25, 0.3) is 0 Å². The molecule has 0 saturated heterocycles. The summed E-state index contributed by atoms with van der Waals surface area (Å²) in [7, 11) is 0. The Balaban J connectivity index is 0.886. The summed E-state index contributed by atoms with van der Waals surface area (Å²) in [6.45, 7) is 0.161. The van der Waals surface area contributed by atoms with E-state index in [2.05, 4.69) is 18.2 Å². The molecule has 0 aliphatic heterocycles. The molecule has 16 heteroatoms. The van der Waals surface area contributed by atoms with E-state index < -0.39 is 23.9 Å². The van der Waals surface area contributed by atoms with E-state index in [0.29, 0.717) is 122 Å². The van der Waals surface area contributed by atoms with Gasteiger partial charge in [-0.1, -0.05) is 188 Å². The number of aromatic nitrogens is 5. The van der Waals surface area contributed by atoms with Crippen molar-refractivity contribution in [1.82, 2.24) is 24.1 Å². The van der Waals surface area contributed by atoms with Crippen LogP contribution in [0.1, 0.15) is 80.4 Å². The number of nitrogens with zero attached hydrogens (tertiary/aromatic N) is 8. The lowest BCUT2D eigenvalue weighted by Gasteiger charge is -2.17. The van der Waals surface area contributed by atoms with Gasteiger partial charge in [0.05, 0.1) is 79.2 Å². The molecule has 16 nitrogen and oxygen atoms in total. The standard InChI is InChI=1S/C98H62N8O8/c99-55-66-27-17-30-68(43-66)75-45-77(49-79(47-75)105-88-39-35-70(95(107)111-58-62-19-5-1-6-20-62)51-84(88)85-52-71(36-40-89(85)105)96(108)112-59-63-21-7-2-8-22-63)92-102-93(104-94(103-92)83-34-16-15-33-82(83)81-32-14-13-29-74(81)57-101)78-46-76(69-31-18-28-67(44-69)56-100)48-80(50-78)106-90-41-37-72(97(109)113-60-64-23-9-3-10-24-64)53-86(90)87-54-73(38-42-91(87)106)98(110)114-61-65-25-11-4-12-26-65/h1-54H,58-61H2. The average molecular weight is 1480 g/mol. The lowest BCUT2D eigenvalue weighted by molar-refractivity contribution is 0.0464. The molecule has 0 saturated carbocycles. The van der Waals surface area contributed by atoms with Crippen molar-refractivity contribution in [2.45, 2.75) is 26.4 Å². The number of esters is 4. The van der Waals surface area contributed by atoms with Gasteiger partial charge >= 0.3 is 23.9 Å². The zero-order valence-corrected chi connectivity index (χ0v) is 60.8. The van der Waals surface area contributed by atoms with Gasteiger partial charge in [0.2, 0.25) is 0 Å². The van der Waals surface area contributed by atoms with Crippen molar-refractivity contribution in [3.05, 3.63) is 389 Å². The van der Waals surface area contributed by atoms with Gasteiger partial charge < -0.3 is 28.1 Å². The Hall–Kier alpha value is -16.0. The third kappa shape index (κ3) is 14.6. The van der Waals surface area contributed by atoms with Crippen LogP contribution in [0.15, 0.2) is 328 Å². The summed E-state index contributed by atoms with van der Waals surface area (Å²) in [6.07, 6.45) is 0. The fourth-order valence-corrected chi connectivity index (χ4v) is 14.4. The van der Waals surface area contributed by atoms with Crippen LogP contribution in [-0.2, 0) is 45.4 Å². The predicted molar refractivity (Wildman–Crippen MR) is 438 cm³/mol. The molecule has 0 atom stereocenters. The van der Waals surface area contributed by atoms with E-state index in [0.717, 1.165) is 22.3 Å². The Morgan fingerprint density at radius 1 is 0.272 bits per heavy atom. The smallest absolute Gasteiger partial charge is 0.338 e. The molecule has 114 heavy (non-hydrogen) atoms. The monoisotopic (exact) mass is 1480 g/mol. The lowest BCUT2D eigenvalue weighted by Crippen LogP contribution is -2.05. The second kappa shape index (κ2) is 31.3. The van der Waals surface area contributed by atoms with E-state index in [1.54, 1.807) is 66.7 Å². The average Bonchev–Trinajstić information content (AvgIpc) is 1.56. The van der Waals surface area contributed by atoms with Gasteiger partial charge in [-0.25, -0.2) is 34.1 Å². The van der Waals surface area contributed by atoms with Crippen LogP contribution in [-0.4, -0.2) is 48.0 Å². The van der Waals surface area contributed by atoms with Crippen LogP contribution in [0.4, 0.5) is 0 Å². The molecule has 14 aromatic carbocycles. The molecule has 17 aromatic rings. The third-order valence-corrected chi connectivity index (χ3v) is 20.0. The maximum atomic E-state index is 14.2. The zero-order chi connectivity index (χ0) is 77.6. The Kier molecular flexibility index (Phi) is 19.5. The summed E-state index contributed by atoms with van der Waals surface area (Å²) in [5, 5.41) is 34.1. The van der Waals surface area contributed by atoms with Crippen LogP contribution in [0.25, 0.3) is 123 Å². The summed E-state index contributed by atoms with van der Waals surface area (Å²) in [5.41, 5.74) is 15.0. The number of benzene rings is 14. The van der Waals surface area contributed by atoms with E-state index in [-0.39, 0.29) is 66.2 Å². The van der Waals surface area contributed by atoms with E-state index in [4.69, 9.17) is 33.9 Å². The highest BCUT2D eigenvalue weighted by Crippen LogP contribution is 2.42. The highest BCUT2D eigenvalue weighted by molar-refractivity contribution is 6.15. The van der Waals surface area contributed by atoms with Crippen LogP contribution in [0, 0.1) is 34.0 Å². The van der Waals surface area contributed by atoms with Crippen molar-refractivity contribution >= 4 is 67.5 Å². The molecule has 0 aliphatic rings. The van der Waals surface area contributed by atoms with Crippen molar-refractivity contribution in [2.75, 3.05) is 0 Å². The lowest BCUT2D eigenvalue weighted by atomic mass is 9.95. The fourth-order valence-electron chi connectivity index (χ4n) is 14.4. The third-order valence-electron chi connectivity index (χ3n) is 20.0. The summed E-state index contributed by atoms with van der Waals surface area (Å²) in [6, 6.07) is 107. The number of carbonyl (C=O) groups is 4. The highest BCUT2D eigenvalue weighted by atomic mass is 16.5. The van der Waals surface area contributed by atoms with Crippen LogP contribution in [0.2, 0.25) is 0 Å². The van der Waals surface area contributed by atoms with Crippen LogP contribution in [0.3, 0.4) is 0 Å². The molecule has 0 N–H and O–H groups in total. The van der Waals surface area contributed by atoms with Gasteiger partial charge in [0.1, 0.15) is 26.4 Å². The molecule has 3 heterocycles. The van der Waals surface area contributed by atoms with Gasteiger partial charge in [-0.2, -0.15) is 15.8 Å². The van der Waals surface area contributed by atoms with Gasteiger partial charge in [0.15, 0.2) is 17.5 Å². The normalized spacial score (nSPS) is 11.1. The largest absolute Gasteiger partial charge is 0.457 e. The fraction of sp³-hybridized carbons (Fsp3) is 0.0408. The maximum absolute atomic E-state index is 14.2. The first-order chi connectivity index (χ1) is 56.0. The number of fused-ring (bicyclic) bond motifs is 6. The van der Waals surface area contributed by atoms with Crippen molar-refractivity contribution in [3.8, 4) is 97.1 Å². The second-order valence-corrected chi connectivity index (χ2v) is 27.3. The van der Waals surface area contributed by atoms with Gasteiger partial charge in [0, 0.05) is 55.2 Å². The van der Waals surface area contributed by atoms with Crippen LogP contribution >= 0.6 is 0 Å². The first-order valence-electron chi connectivity index (χ1n) is 36.7. The topological polar surface area (TPSA) is 225 Å². The molecule has 3 aromatic heterocycles. The zero-order valence-electron chi connectivity index (χ0n) is 60.8. The van der Waals surface area contributed by atoms with Crippen molar-refractivity contribution in [3.63, 3.8) is 0 Å². The Bertz CT molecular complexity index is 6240. The van der Waals surface area contributed by atoms with Crippen molar-refractivity contribution < 1.29 is 38.1 Å². The highest BCUT2D eigenvalue weighted by Gasteiger charge is 2.26. The first-order valence-corrected chi connectivity index (χ1v) is 36.7. The number of hydrogen-bond donors (Lipinski definition) is 0. The van der Waals surface area contributed by atoms with Gasteiger partial charge in [-0.15, -0.1) is 0 Å². The second-order valence-electron chi connectivity index (χ2n) is 27.3. The summed E-state index contributed by atoms with van der Waals surface area (Å²) in [4.78, 5) is 73.2. The summed E-state index contributed by atoms with van der Waals surface area (Å²) >= 11 is 0. The van der Waals surface area contributed by atoms with E-state index in [1.807, 2.05) is 270 Å². The minimum atomic E-state index is -0.552. The molecule has 0 spiro atoms. The summed E-state index contributed by atoms with van der Waals surface area (Å²) in [5.74, 6) is -1.55.